The fourth-order valence-corrected chi connectivity index (χ4v) is 5.68. The first-order valence-corrected chi connectivity index (χ1v) is 12.6. The van der Waals surface area contributed by atoms with E-state index < -0.39 is 15.8 Å². The van der Waals surface area contributed by atoms with E-state index in [2.05, 4.69) is 52.1 Å². The standard InChI is InChI=1S/C26H30FN3O2S/c1-19-16-23(27)10-13-26(19)33(31,32)28-17-25(21-8-11-24(12-9-21)29(2)3)30-15-14-20-6-4-5-7-22(20)18-30/h4-13,16,25,28H,14-15,17-18H2,1-3H3. The summed E-state index contributed by atoms with van der Waals surface area (Å²) in [6.45, 7) is 3.43. The average Bonchev–Trinajstić information content (AvgIpc) is 2.79. The Bertz CT molecular complexity index is 1230. The SMILES string of the molecule is Cc1cc(F)ccc1S(=O)(=O)NCC(c1ccc(N(C)C)cc1)N1CCc2ccccc2C1. The third-order valence-electron chi connectivity index (χ3n) is 6.29. The van der Waals surface area contributed by atoms with Gasteiger partial charge in [-0.25, -0.2) is 17.5 Å². The first kappa shape index (κ1) is 23.4. The van der Waals surface area contributed by atoms with Crippen molar-refractivity contribution in [1.82, 2.24) is 9.62 Å². The molecule has 1 heterocycles. The molecular weight excluding hydrogens is 437 g/mol. The van der Waals surface area contributed by atoms with Crippen molar-refractivity contribution in [2.75, 3.05) is 32.1 Å². The van der Waals surface area contributed by atoms with E-state index in [-0.39, 0.29) is 17.5 Å². The van der Waals surface area contributed by atoms with Crippen LogP contribution in [0.25, 0.3) is 0 Å². The van der Waals surface area contributed by atoms with Crippen LogP contribution in [0.5, 0.6) is 0 Å². The summed E-state index contributed by atoms with van der Waals surface area (Å²) in [5.41, 5.74) is 5.15. The molecule has 1 atom stereocenters. The predicted molar refractivity (Wildman–Crippen MR) is 130 cm³/mol. The van der Waals surface area contributed by atoms with Gasteiger partial charge in [-0.1, -0.05) is 36.4 Å². The zero-order chi connectivity index (χ0) is 23.6. The fraction of sp³-hybridized carbons (Fsp3) is 0.308. The molecule has 174 valence electrons. The molecule has 0 amide bonds. The molecule has 4 rings (SSSR count). The first-order chi connectivity index (χ1) is 15.7. The van der Waals surface area contributed by atoms with Crippen LogP contribution in [0, 0.1) is 12.7 Å². The van der Waals surface area contributed by atoms with Crippen molar-refractivity contribution in [1.29, 1.82) is 0 Å². The Hall–Kier alpha value is -2.74. The van der Waals surface area contributed by atoms with E-state index in [0.29, 0.717) is 5.56 Å². The molecule has 1 unspecified atom stereocenters. The van der Waals surface area contributed by atoms with Crippen LogP contribution in [0.1, 0.15) is 28.3 Å². The third kappa shape index (κ3) is 5.27. The second kappa shape index (κ2) is 9.63. The number of sulfonamides is 1. The minimum absolute atomic E-state index is 0.106. The summed E-state index contributed by atoms with van der Waals surface area (Å²) in [4.78, 5) is 4.47. The van der Waals surface area contributed by atoms with Gasteiger partial charge in [0.15, 0.2) is 0 Å². The predicted octanol–water partition coefficient (Wildman–Crippen LogP) is 4.28. The average molecular weight is 468 g/mol. The Balaban J connectivity index is 1.61. The molecule has 3 aromatic rings. The molecule has 0 saturated heterocycles. The smallest absolute Gasteiger partial charge is 0.240 e. The van der Waals surface area contributed by atoms with E-state index >= 15 is 0 Å². The second-order valence-electron chi connectivity index (χ2n) is 8.75. The largest absolute Gasteiger partial charge is 0.378 e. The monoisotopic (exact) mass is 467 g/mol. The van der Waals surface area contributed by atoms with Gasteiger partial charge in [0, 0.05) is 45.5 Å². The molecule has 0 radical (unpaired) electrons. The number of nitrogens with one attached hydrogen (secondary N) is 1. The number of benzene rings is 3. The number of aryl methyl sites for hydroxylation is 1. The van der Waals surface area contributed by atoms with Crippen LogP contribution in [-0.4, -0.2) is 40.5 Å². The van der Waals surface area contributed by atoms with Gasteiger partial charge in [0.25, 0.3) is 0 Å². The molecular formula is C26H30FN3O2S. The van der Waals surface area contributed by atoms with Gasteiger partial charge in [0.05, 0.1) is 4.90 Å². The quantitative estimate of drug-likeness (QED) is 0.564. The van der Waals surface area contributed by atoms with Crippen LogP contribution in [0.15, 0.2) is 71.6 Å². The molecule has 5 nitrogen and oxygen atoms in total. The van der Waals surface area contributed by atoms with Gasteiger partial charge in [-0.15, -0.1) is 0 Å². The highest BCUT2D eigenvalue weighted by Gasteiger charge is 2.27. The number of hydrogen-bond acceptors (Lipinski definition) is 4. The normalized spacial score (nSPS) is 15.2. The zero-order valence-corrected chi connectivity index (χ0v) is 20.1. The maximum Gasteiger partial charge on any atom is 0.240 e. The molecule has 1 N–H and O–H groups in total. The Morgan fingerprint density at radius 1 is 1.03 bits per heavy atom. The van der Waals surface area contributed by atoms with E-state index in [9.17, 15) is 12.8 Å². The molecule has 0 fully saturated rings. The summed E-state index contributed by atoms with van der Waals surface area (Å²) in [7, 11) is 0.203. The Kier molecular flexibility index (Phi) is 6.83. The lowest BCUT2D eigenvalue weighted by atomic mass is 9.96. The topological polar surface area (TPSA) is 52.7 Å². The Morgan fingerprint density at radius 3 is 2.39 bits per heavy atom. The van der Waals surface area contributed by atoms with Crippen LogP contribution in [0.4, 0.5) is 10.1 Å². The Morgan fingerprint density at radius 2 is 1.73 bits per heavy atom. The Labute approximate surface area is 195 Å². The maximum absolute atomic E-state index is 13.5. The molecule has 3 aromatic carbocycles. The van der Waals surface area contributed by atoms with Crippen LogP contribution >= 0.6 is 0 Å². The van der Waals surface area contributed by atoms with E-state index in [1.807, 2.05) is 25.1 Å². The van der Waals surface area contributed by atoms with Crippen molar-refractivity contribution in [2.24, 2.45) is 0 Å². The number of fused-ring (bicyclic) bond motifs is 1. The molecule has 7 heteroatoms. The summed E-state index contributed by atoms with van der Waals surface area (Å²) < 4.78 is 42.4. The molecule has 0 aliphatic carbocycles. The van der Waals surface area contributed by atoms with Crippen molar-refractivity contribution in [3.8, 4) is 0 Å². The first-order valence-electron chi connectivity index (χ1n) is 11.1. The summed E-state index contributed by atoms with van der Waals surface area (Å²) in [6.07, 6.45) is 0.923. The van der Waals surface area contributed by atoms with Crippen LogP contribution in [0.3, 0.4) is 0 Å². The van der Waals surface area contributed by atoms with Gasteiger partial charge < -0.3 is 4.90 Å². The molecule has 1 aliphatic heterocycles. The fourth-order valence-electron chi connectivity index (χ4n) is 4.42. The van der Waals surface area contributed by atoms with E-state index in [1.165, 1.54) is 29.3 Å². The summed E-state index contributed by atoms with van der Waals surface area (Å²) in [6, 6.07) is 20.3. The molecule has 1 aliphatic rings. The highest BCUT2D eigenvalue weighted by molar-refractivity contribution is 7.89. The molecule has 33 heavy (non-hydrogen) atoms. The lowest BCUT2D eigenvalue weighted by Crippen LogP contribution is -2.40. The number of rotatable bonds is 7. The number of hydrogen-bond donors (Lipinski definition) is 1. The zero-order valence-electron chi connectivity index (χ0n) is 19.3. The molecule has 0 aromatic heterocycles. The van der Waals surface area contributed by atoms with Gasteiger partial charge in [-0.05, 0) is 65.9 Å². The van der Waals surface area contributed by atoms with Crippen LogP contribution in [-0.2, 0) is 23.0 Å². The minimum Gasteiger partial charge on any atom is -0.378 e. The van der Waals surface area contributed by atoms with Crippen molar-refractivity contribution >= 4 is 15.7 Å². The summed E-state index contributed by atoms with van der Waals surface area (Å²) >= 11 is 0. The summed E-state index contributed by atoms with van der Waals surface area (Å²) in [5.74, 6) is -0.447. The van der Waals surface area contributed by atoms with Gasteiger partial charge in [-0.2, -0.15) is 0 Å². The van der Waals surface area contributed by atoms with Crippen molar-refractivity contribution in [3.63, 3.8) is 0 Å². The number of halogens is 1. The van der Waals surface area contributed by atoms with Crippen molar-refractivity contribution in [3.05, 3.63) is 94.8 Å². The minimum atomic E-state index is -3.78. The van der Waals surface area contributed by atoms with Crippen LogP contribution in [0.2, 0.25) is 0 Å². The highest BCUT2D eigenvalue weighted by atomic mass is 32.2. The lowest BCUT2D eigenvalue weighted by molar-refractivity contribution is 0.180. The van der Waals surface area contributed by atoms with E-state index in [1.54, 1.807) is 6.92 Å². The molecule has 0 bridgehead atoms. The molecule has 0 spiro atoms. The van der Waals surface area contributed by atoms with Crippen molar-refractivity contribution in [2.45, 2.75) is 30.8 Å². The summed E-state index contributed by atoms with van der Waals surface area (Å²) in [5, 5.41) is 0. The van der Waals surface area contributed by atoms with Gasteiger partial charge in [0.1, 0.15) is 5.82 Å². The number of nitrogens with zero attached hydrogens (tertiary/aromatic N) is 2. The number of anilines is 1. The highest BCUT2D eigenvalue weighted by Crippen LogP contribution is 2.29. The molecule has 0 saturated carbocycles. The van der Waals surface area contributed by atoms with Crippen molar-refractivity contribution < 1.29 is 12.8 Å². The third-order valence-corrected chi connectivity index (χ3v) is 7.87. The lowest BCUT2D eigenvalue weighted by Gasteiger charge is -2.36. The van der Waals surface area contributed by atoms with Gasteiger partial charge in [0.2, 0.25) is 10.0 Å². The van der Waals surface area contributed by atoms with E-state index in [4.69, 9.17) is 0 Å². The second-order valence-corrected chi connectivity index (χ2v) is 10.5. The van der Waals surface area contributed by atoms with Gasteiger partial charge in [-0.3, -0.25) is 4.90 Å². The van der Waals surface area contributed by atoms with Crippen LogP contribution < -0.4 is 9.62 Å². The van der Waals surface area contributed by atoms with Gasteiger partial charge >= 0.3 is 0 Å². The van der Waals surface area contributed by atoms with E-state index in [0.717, 1.165) is 30.8 Å². The maximum atomic E-state index is 13.5.